The van der Waals surface area contributed by atoms with Gasteiger partial charge >= 0.3 is 0 Å². The van der Waals surface area contributed by atoms with Gasteiger partial charge in [0.05, 0.1) is 5.69 Å². The molecule has 0 spiro atoms. The van der Waals surface area contributed by atoms with Crippen molar-refractivity contribution in [1.82, 2.24) is 4.98 Å². The Hall–Kier alpha value is -1.25. The van der Waals surface area contributed by atoms with Crippen LogP contribution < -0.4 is 10.2 Å². The van der Waals surface area contributed by atoms with Crippen LogP contribution in [-0.2, 0) is 0 Å². The van der Waals surface area contributed by atoms with E-state index >= 15 is 0 Å². The first kappa shape index (κ1) is 7.18. The smallest absolute Gasteiger partial charge is 0.152 e. The van der Waals surface area contributed by atoms with Crippen molar-refractivity contribution in [1.29, 1.82) is 0 Å². The summed E-state index contributed by atoms with van der Waals surface area (Å²) in [5.41, 5.74) is 1.20. The summed E-state index contributed by atoms with van der Waals surface area (Å²) < 4.78 is 0. The molecular formula is C10H13N3. The zero-order chi connectivity index (χ0) is 8.67. The van der Waals surface area contributed by atoms with Crippen LogP contribution in [-0.4, -0.2) is 24.1 Å². The molecule has 3 rings (SSSR count). The van der Waals surface area contributed by atoms with Gasteiger partial charge in [0.25, 0.3) is 0 Å². The van der Waals surface area contributed by atoms with Crippen LogP contribution >= 0.6 is 0 Å². The Morgan fingerprint density at radius 1 is 1.54 bits per heavy atom. The van der Waals surface area contributed by atoms with Crippen molar-refractivity contribution in [2.45, 2.75) is 18.9 Å². The Labute approximate surface area is 77.8 Å². The second-order valence-corrected chi connectivity index (χ2v) is 3.74. The molecule has 1 N–H and O–H groups in total. The van der Waals surface area contributed by atoms with Crippen molar-refractivity contribution in [2.24, 2.45) is 0 Å². The van der Waals surface area contributed by atoms with E-state index in [0.717, 1.165) is 12.4 Å². The molecule has 1 aromatic rings. The summed E-state index contributed by atoms with van der Waals surface area (Å²) >= 11 is 0. The molecule has 1 saturated heterocycles. The Bertz CT molecular complexity index is 324. The van der Waals surface area contributed by atoms with Gasteiger partial charge in [-0.2, -0.15) is 0 Å². The lowest BCUT2D eigenvalue weighted by Gasteiger charge is -2.32. The van der Waals surface area contributed by atoms with Gasteiger partial charge in [0.2, 0.25) is 0 Å². The van der Waals surface area contributed by atoms with Crippen molar-refractivity contribution < 1.29 is 0 Å². The Morgan fingerprint density at radius 3 is 3.54 bits per heavy atom. The highest BCUT2D eigenvalue weighted by Crippen LogP contribution is 2.33. The second-order valence-electron chi connectivity index (χ2n) is 3.74. The monoisotopic (exact) mass is 175 g/mol. The topological polar surface area (TPSA) is 28.2 Å². The lowest BCUT2D eigenvalue weighted by atomic mass is 10.2. The molecule has 0 radical (unpaired) electrons. The lowest BCUT2D eigenvalue weighted by Crippen LogP contribution is -2.39. The molecule has 3 nitrogen and oxygen atoms in total. The molecule has 13 heavy (non-hydrogen) atoms. The predicted octanol–water partition coefficient (Wildman–Crippen LogP) is 1.48. The van der Waals surface area contributed by atoms with Crippen molar-refractivity contribution in [3.05, 3.63) is 18.3 Å². The second kappa shape index (κ2) is 2.62. The van der Waals surface area contributed by atoms with Crippen LogP contribution in [0, 0.1) is 0 Å². The van der Waals surface area contributed by atoms with E-state index in [1.165, 1.54) is 25.1 Å². The van der Waals surface area contributed by atoms with Gasteiger partial charge in [0.15, 0.2) is 5.82 Å². The van der Waals surface area contributed by atoms with E-state index in [-0.39, 0.29) is 0 Å². The highest BCUT2D eigenvalue weighted by atomic mass is 15.3. The zero-order valence-electron chi connectivity index (χ0n) is 7.53. The molecule has 1 aromatic heterocycles. The molecule has 2 aliphatic heterocycles. The van der Waals surface area contributed by atoms with Crippen LogP contribution in [0.15, 0.2) is 18.3 Å². The van der Waals surface area contributed by atoms with Crippen LogP contribution in [0.5, 0.6) is 0 Å². The minimum absolute atomic E-state index is 0.683. The Kier molecular flexibility index (Phi) is 1.45. The fourth-order valence-corrected chi connectivity index (χ4v) is 2.32. The third-order valence-corrected chi connectivity index (χ3v) is 2.96. The van der Waals surface area contributed by atoms with Crippen molar-refractivity contribution in [3.8, 4) is 0 Å². The van der Waals surface area contributed by atoms with E-state index in [4.69, 9.17) is 0 Å². The third-order valence-electron chi connectivity index (χ3n) is 2.96. The number of hydrogen-bond acceptors (Lipinski definition) is 3. The van der Waals surface area contributed by atoms with E-state index in [2.05, 4.69) is 21.3 Å². The summed E-state index contributed by atoms with van der Waals surface area (Å²) in [7, 11) is 0. The lowest BCUT2D eigenvalue weighted by molar-refractivity contribution is 0.675. The van der Waals surface area contributed by atoms with Crippen LogP contribution in [0.2, 0.25) is 0 Å². The fraction of sp³-hybridized carbons (Fsp3) is 0.500. The van der Waals surface area contributed by atoms with Gasteiger partial charge in [-0.15, -0.1) is 0 Å². The van der Waals surface area contributed by atoms with Crippen LogP contribution in [0.1, 0.15) is 12.8 Å². The van der Waals surface area contributed by atoms with Gasteiger partial charge in [-0.1, -0.05) is 0 Å². The first-order valence-electron chi connectivity index (χ1n) is 4.91. The highest BCUT2D eigenvalue weighted by Gasteiger charge is 2.30. The van der Waals surface area contributed by atoms with Crippen LogP contribution in [0.4, 0.5) is 11.5 Å². The maximum absolute atomic E-state index is 4.43. The molecule has 3 heterocycles. The summed E-state index contributed by atoms with van der Waals surface area (Å²) in [6.45, 7) is 2.26. The van der Waals surface area contributed by atoms with Crippen molar-refractivity contribution in [3.63, 3.8) is 0 Å². The van der Waals surface area contributed by atoms with E-state index in [1.807, 2.05) is 12.3 Å². The van der Waals surface area contributed by atoms with Crippen LogP contribution in [0.25, 0.3) is 0 Å². The molecule has 0 aromatic carbocycles. The molecule has 0 amide bonds. The van der Waals surface area contributed by atoms with Crippen molar-refractivity contribution >= 4 is 11.5 Å². The molecule has 0 bridgehead atoms. The summed E-state index contributed by atoms with van der Waals surface area (Å²) in [5.74, 6) is 1.15. The Morgan fingerprint density at radius 2 is 2.54 bits per heavy atom. The number of anilines is 2. The predicted molar refractivity (Wildman–Crippen MR) is 53.1 cm³/mol. The number of nitrogens with one attached hydrogen (secondary N) is 1. The van der Waals surface area contributed by atoms with Gasteiger partial charge in [0.1, 0.15) is 0 Å². The molecule has 0 saturated carbocycles. The zero-order valence-corrected chi connectivity index (χ0v) is 7.53. The number of rotatable bonds is 0. The number of nitrogens with zero attached hydrogens (tertiary/aromatic N) is 2. The molecule has 0 aliphatic carbocycles. The number of pyridine rings is 1. The number of hydrogen-bond donors (Lipinski definition) is 1. The quantitative estimate of drug-likeness (QED) is 0.647. The van der Waals surface area contributed by atoms with E-state index < -0.39 is 0 Å². The maximum atomic E-state index is 4.43. The standard InChI is InChI=1S/C10H13N3/c1-4-9-10(11-5-1)13-6-2-3-8(13)7-12-9/h1,4-5,8,12H,2-3,6-7H2. The molecule has 1 fully saturated rings. The summed E-state index contributed by atoms with van der Waals surface area (Å²) in [4.78, 5) is 6.86. The largest absolute Gasteiger partial charge is 0.380 e. The summed E-state index contributed by atoms with van der Waals surface area (Å²) in [6.07, 6.45) is 4.49. The average Bonchev–Trinajstić information content (AvgIpc) is 2.65. The summed E-state index contributed by atoms with van der Waals surface area (Å²) in [6, 6.07) is 4.78. The minimum Gasteiger partial charge on any atom is -0.380 e. The normalized spacial score (nSPS) is 24.9. The first-order chi connectivity index (χ1) is 6.45. The molecule has 1 unspecified atom stereocenters. The van der Waals surface area contributed by atoms with Gasteiger partial charge < -0.3 is 10.2 Å². The van der Waals surface area contributed by atoms with E-state index in [1.54, 1.807) is 0 Å². The maximum Gasteiger partial charge on any atom is 0.152 e. The summed E-state index contributed by atoms with van der Waals surface area (Å²) in [5, 5.41) is 3.43. The van der Waals surface area contributed by atoms with Crippen molar-refractivity contribution in [2.75, 3.05) is 23.3 Å². The average molecular weight is 175 g/mol. The van der Waals surface area contributed by atoms with Gasteiger partial charge in [0, 0.05) is 25.3 Å². The first-order valence-corrected chi connectivity index (χ1v) is 4.91. The molecule has 3 heteroatoms. The Balaban J connectivity index is 2.06. The van der Waals surface area contributed by atoms with Crippen LogP contribution in [0.3, 0.4) is 0 Å². The molecular weight excluding hydrogens is 162 g/mol. The number of fused-ring (bicyclic) bond motifs is 3. The molecule has 68 valence electrons. The molecule has 1 atom stereocenters. The molecule has 2 aliphatic rings. The SMILES string of the molecule is c1cnc2c(c1)NCC1CCCN21. The minimum atomic E-state index is 0.683. The highest BCUT2D eigenvalue weighted by molar-refractivity contribution is 5.68. The van der Waals surface area contributed by atoms with Gasteiger partial charge in [-0.25, -0.2) is 4.98 Å². The third kappa shape index (κ3) is 0.996. The number of aromatic nitrogens is 1. The van der Waals surface area contributed by atoms with E-state index in [0.29, 0.717) is 6.04 Å². The fourth-order valence-electron chi connectivity index (χ4n) is 2.32. The van der Waals surface area contributed by atoms with Gasteiger partial charge in [-0.3, -0.25) is 0 Å². The van der Waals surface area contributed by atoms with Gasteiger partial charge in [-0.05, 0) is 25.0 Å². The van der Waals surface area contributed by atoms with E-state index in [9.17, 15) is 0 Å².